The Hall–Kier alpha value is -4.14. The molecule has 150 valence electrons. The van der Waals surface area contributed by atoms with Crippen molar-refractivity contribution < 1.29 is 28.0 Å². The second-order valence-corrected chi connectivity index (χ2v) is 6.44. The van der Waals surface area contributed by atoms with E-state index in [1.807, 2.05) is 0 Å². The maximum absolute atomic E-state index is 14.2. The lowest BCUT2D eigenvalue weighted by atomic mass is 10.0. The van der Waals surface area contributed by atoms with Crippen LogP contribution in [0.1, 0.15) is 26.4 Å². The van der Waals surface area contributed by atoms with Crippen molar-refractivity contribution in [3.8, 4) is 11.3 Å². The highest BCUT2D eigenvalue weighted by Crippen LogP contribution is 2.29. The number of rotatable bonds is 4. The number of aromatic carboxylic acids is 1. The van der Waals surface area contributed by atoms with E-state index < -0.39 is 23.5 Å². The number of hydrogen-bond acceptors (Lipinski definition) is 5. The molecule has 0 fully saturated rings. The van der Waals surface area contributed by atoms with Crippen molar-refractivity contribution in [1.82, 2.24) is 10.1 Å². The Labute approximate surface area is 168 Å². The van der Waals surface area contributed by atoms with Crippen LogP contribution in [-0.2, 0) is 0 Å². The summed E-state index contributed by atoms with van der Waals surface area (Å²) in [6.45, 7) is 1.61. The molecule has 0 unspecified atom stereocenters. The molecular weight excluding hydrogens is 396 g/mol. The summed E-state index contributed by atoms with van der Waals surface area (Å²) in [4.78, 5) is 28.1. The minimum absolute atomic E-state index is 0.0279. The van der Waals surface area contributed by atoms with Gasteiger partial charge in [0.1, 0.15) is 11.6 Å². The SMILES string of the molecule is Cc1noc2nc(-c3ccccc3F)cc(C(=O)Nc3ccc(C(=O)O)cc3F)c12. The van der Waals surface area contributed by atoms with E-state index in [9.17, 15) is 18.4 Å². The number of amides is 1. The Balaban J connectivity index is 1.79. The van der Waals surface area contributed by atoms with Crippen LogP contribution >= 0.6 is 0 Å². The highest BCUT2D eigenvalue weighted by molar-refractivity contribution is 6.13. The van der Waals surface area contributed by atoms with E-state index in [0.717, 1.165) is 12.1 Å². The van der Waals surface area contributed by atoms with E-state index in [1.165, 1.54) is 30.3 Å². The van der Waals surface area contributed by atoms with Crippen LogP contribution in [0.15, 0.2) is 53.1 Å². The Morgan fingerprint density at radius 2 is 1.83 bits per heavy atom. The molecule has 2 aromatic carbocycles. The number of carboxylic acid groups (broad SMARTS) is 1. The molecule has 2 N–H and O–H groups in total. The maximum atomic E-state index is 14.2. The van der Waals surface area contributed by atoms with Crippen molar-refractivity contribution in [2.45, 2.75) is 6.92 Å². The number of carboxylic acids is 1. The van der Waals surface area contributed by atoms with E-state index in [1.54, 1.807) is 13.0 Å². The molecule has 0 atom stereocenters. The summed E-state index contributed by atoms with van der Waals surface area (Å²) >= 11 is 0. The number of carbonyl (C=O) groups is 2. The summed E-state index contributed by atoms with van der Waals surface area (Å²) in [5, 5.41) is 15.4. The van der Waals surface area contributed by atoms with Crippen molar-refractivity contribution >= 4 is 28.7 Å². The van der Waals surface area contributed by atoms with Crippen molar-refractivity contribution in [3.63, 3.8) is 0 Å². The zero-order chi connectivity index (χ0) is 21.4. The summed E-state index contributed by atoms with van der Waals surface area (Å²) in [7, 11) is 0. The van der Waals surface area contributed by atoms with Crippen molar-refractivity contribution in [1.29, 1.82) is 0 Å². The molecule has 0 aliphatic rings. The zero-order valence-corrected chi connectivity index (χ0v) is 15.4. The lowest BCUT2D eigenvalue weighted by Gasteiger charge is -2.10. The standard InChI is InChI=1S/C21H13F2N3O4/c1-10-18-13(19(27)24-16-7-6-11(21(28)29)8-15(16)23)9-17(25-20(18)30-26-10)12-4-2-3-5-14(12)22/h2-9H,1H3,(H,24,27)(H,28,29). The van der Waals surface area contributed by atoms with Gasteiger partial charge in [-0.05, 0) is 43.3 Å². The van der Waals surface area contributed by atoms with Gasteiger partial charge in [0.25, 0.3) is 11.6 Å². The number of anilines is 1. The molecule has 9 heteroatoms. The molecule has 0 bridgehead atoms. The minimum Gasteiger partial charge on any atom is -0.478 e. The Morgan fingerprint density at radius 3 is 2.53 bits per heavy atom. The highest BCUT2D eigenvalue weighted by Gasteiger charge is 2.21. The molecule has 4 aromatic rings. The molecule has 4 rings (SSSR count). The first-order valence-electron chi connectivity index (χ1n) is 8.71. The molecule has 1 amide bonds. The van der Waals surface area contributed by atoms with Crippen LogP contribution in [0, 0.1) is 18.6 Å². The van der Waals surface area contributed by atoms with Crippen LogP contribution in [0.25, 0.3) is 22.4 Å². The number of carbonyl (C=O) groups excluding carboxylic acids is 1. The minimum atomic E-state index is -1.29. The highest BCUT2D eigenvalue weighted by atomic mass is 19.1. The Morgan fingerprint density at radius 1 is 1.07 bits per heavy atom. The number of aryl methyl sites for hydroxylation is 1. The number of benzene rings is 2. The second-order valence-electron chi connectivity index (χ2n) is 6.44. The van der Waals surface area contributed by atoms with Crippen LogP contribution in [0.2, 0.25) is 0 Å². The number of nitrogens with one attached hydrogen (secondary N) is 1. The van der Waals surface area contributed by atoms with Gasteiger partial charge < -0.3 is 14.9 Å². The Kier molecular flexibility index (Phi) is 4.71. The predicted molar refractivity (Wildman–Crippen MR) is 103 cm³/mol. The van der Waals surface area contributed by atoms with Crippen LogP contribution in [0.3, 0.4) is 0 Å². The van der Waals surface area contributed by atoms with Gasteiger partial charge in [-0.3, -0.25) is 4.79 Å². The molecule has 0 spiro atoms. The molecule has 0 aliphatic heterocycles. The first-order chi connectivity index (χ1) is 14.3. The lowest BCUT2D eigenvalue weighted by molar-refractivity contribution is 0.0696. The predicted octanol–water partition coefficient (Wildman–Crippen LogP) is 4.43. The molecule has 0 saturated carbocycles. The number of halogens is 2. The fourth-order valence-electron chi connectivity index (χ4n) is 3.02. The largest absolute Gasteiger partial charge is 0.478 e. The van der Waals surface area contributed by atoms with Crippen molar-refractivity contribution in [2.75, 3.05) is 5.32 Å². The van der Waals surface area contributed by atoms with E-state index in [-0.39, 0.29) is 33.8 Å². The van der Waals surface area contributed by atoms with Gasteiger partial charge in [0.2, 0.25) is 0 Å². The number of fused-ring (bicyclic) bond motifs is 1. The van der Waals surface area contributed by atoms with Gasteiger partial charge in [-0.1, -0.05) is 17.3 Å². The average molecular weight is 409 g/mol. The summed E-state index contributed by atoms with van der Waals surface area (Å²) in [6.07, 6.45) is 0. The van der Waals surface area contributed by atoms with E-state index in [0.29, 0.717) is 11.1 Å². The first-order valence-corrected chi connectivity index (χ1v) is 8.71. The van der Waals surface area contributed by atoms with Crippen molar-refractivity contribution in [3.05, 3.63) is 77.0 Å². The van der Waals surface area contributed by atoms with Crippen LogP contribution in [-0.4, -0.2) is 27.1 Å². The van der Waals surface area contributed by atoms with E-state index in [2.05, 4.69) is 15.5 Å². The van der Waals surface area contributed by atoms with Gasteiger partial charge in [-0.2, -0.15) is 0 Å². The number of hydrogen-bond donors (Lipinski definition) is 2. The number of aromatic nitrogens is 2. The molecule has 2 aromatic heterocycles. The molecule has 0 radical (unpaired) electrons. The molecule has 0 aliphatic carbocycles. The number of pyridine rings is 1. The van der Waals surface area contributed by atoms with Crippen LogP contribution in [0.5, 0.6) is 0 Å². The lowest BCUT2D eigenvalue weighted by Crippen LogP contribution is -2.14. The fourth-order valence-corrected chi connectivity index (χ4v) is 3.02. The van der Waals surface area contributed by atoms with Gasteiger partial charge >= 0.3 is 5.97 Å². The summed E-state index contributed by atoms with van der Waals surface area (Å²) in [5.41, 5.74) is 0.288. The van der Waals surface area contributed by atoms with Gasteiger partial charge in [-0.25, -0.2) is 18.6 Å². The molecule has 30 heavy (non-hydrogen) atoms. The summed E-state index contributed by atoms with van der Waals surface area (Å²) < 4.78 is 33.6. The van der Waals surface area contributed by atoms with Crippen LogP contribution < -0.4 is 5.32 Å². The van der Waals surface area contributed by atoms with Gasteiger partial charge in [0, 0.05) is 5.56 Å². The van der Waals surface area contributed by atoms with E-state index >= 15 is 0 Å². The summed E-state index contributed by atoms with van der Waals surface area (Å²) in [5.74, 6) is -3.46. The monoisotopic (exact) mass is 409 g/mol. The average Bonchev–Trinajstić information content (AvgIpc) is 3.10. The van der Waals surface area contributed by atoms with Gasteiger partial charge in [-0.15, -0.1) is 0 Å². The smallest absolute Gasteiger partial charge is 0.335 e. The molecular formula is C21H13F2N3O4. The molecule has 2 heterocycles. The summed E-state index contributed by atoms with van der Waals surface area (Å²) in [6, 6.07) is 10.4. The molecule has 0 saturated heterocycles. The third-order valence-corrected chi connectivity index (χ3v) is 4.48. The normalized spacial score (nSPS) is 10.9. The molecule has 7 nitrogen and oxygen atoms in total. The topological polar surface area (TPSA) is 105 Å². The van der Waals surface area contributed by atoms with Crippen molar-refractivity contribution in [2.24, 2.45) is 0 Å². The number of nitrogens with zero attached hydrogens (tertiary/aromatic N) is 2. The zero-order valence-electron chi connectivity index (χ0n) is 15.4. The maximum Gasteiger partial charge on any atom is 0.335 e. The second kappa shape index (κ2) is 7.36. The van der Waals surface area contributed by atoms with Crippen LogP contribution in [0.4, 0.5) is 14.5 Å². The third-order valence-electron chi connectivity index (χ3n) is 4.48. The third kappa shape index (κ3) is 3.37. The first kappa shape index (κ1) is 19.2. The van der Waals surface area contributed by atoms with E-state index in [4.69, 9.17) is 9.63 Å². The quantitative estimate of drug-likeness (QED) is 0.517. The Bertz CT molecular complexity index is 1320. The van der Waals surface area contributed by atoms with Gasteiger partial charge in [0.15, 0.2) is 0 Å². The fraction of sp³-hybridized carbons (Fsp3) is 0.0476. The van der Waals surface area contributed by atoms with Gasteiger partial charge in [0.05, 0.1) is 33.6 Å².